The number of aromatic nitrogens is 1. The predicted molar refractivity (Wildman–Crippen MR) is 220 cm³/mol. The van der Waals surface area contributed by atoms with Crippen LogP contribution in [-0.4, -0.2) is 4.98 Å². The normalized spacial score (nSPS) is 13.1. The van der Waals surface area contributed by atoms with Crippen molar-refractivity contribution in [1.82, 2.24) is 4.98 Å². The van der Waals surface area contributed by atoms with Crippen LogP contribution in [0.3, 0.4) is 0 Å². The molecule has 8 rings (SSSR count). The number of benzene rings is 6. The molecule has 6 aromatic carbocycles. The number of nitrogens with zero attached hydrogens (tertiary/aromatic N) is 1. The summed E-state index contributed by atoms with van der Waals surface area (Å²) < 4.78 is 0. The number of H-pyrrole nitrogens is 1. The Morgan fingerprint density at radius 1 is 0.471 bits per heavy atom. The highest BCUT2D eigenvalue weighted by Gasteiger charge is 2.43. The molecule has 0 aliphatic heterocycles. The van der Waals surface area contributed by atoms with Crippen LogP contribution in [0.25, 0.3) is 44.1 Å². The minimum Gasteiger partial charge on any atom is -0.354 e. The molecule has 1 aliphatic rings. The maximum atomic E-state index is 3.79. The van der Waals surface area contributed by atoms with Crippen LogP contribution in [0.15, 0.2) is 140 Å². The fourth-order valence-corrected chi connectivity index (χ4v) is 8.88. The summed E-state index contributed by atoms with van der Waals surface area (Å²) in [6.07, 6.45) is 12.5. The molecular weight excluding hydrogens is 617 g/mol. The van der Waals surface area contributed by atoms with E-state index in [1.807, 2.05) is 0 Å². The van der Waals surface area contributed by atoms with Crippen LogP contribution in [0.1, 0.15) is 89.2 Å². The van der Waals surface area contributed by atoms with Crippen LogP contribution >= 0.6 is 0 Å². The van der Waals surface area contributed by atoms with Crippen molar-refractivity contribution < 1.29 is 0 Å². The van der Waals surface area contributed by atoms with E-state index in [1.54, 1.807) is 0 Å². The molecule has 0 saturated heterocycles. The van der Waals surface area contributed by atoms with E-state index in [1.165, 1.54) is 136 Å². The lowest BCUT2D eigenvalue weighted by Gasteiger charge is -2.34. The molecule has 2 nitrogen and oxygen atoms in total. The van der Waals surface area contributed by atoms with Gasteiger partial charge in [-0.25, -0.2) is 0 Å². The molecule has 1 N–H and O–H groups in total. The summed E-state index contributed by atoms with van der Waals surface area (Å²) in [5.41, 5.74) is 14.5. The minimum absolute atomic E-state index is 0.0362. The Kier molecular flexibility index (Phi) is 9.50. The summed E-state index contributed by atoms with van der Waals surface area (Å²) in [5, 5.41) is 2.59. The summed E-state index contributed by atoms with van der Waals surface area (Å²) in [5.74, 6) is 0. The van der Waals surface area contributed by atoms with Crippen LogP contribution < -0.4 is 4.90 Å². The maximum Gasteiger partial charge on any atom is 0.0544 e. The zero-order valence-corrected chi connectivity index (χ0v) is 30.3. The summed E-state index contributed by atoms with van der Waals surface area (Å²) >= 11 is 0. The van der Waals surface area contributed by atoms with Crippen LogP contribution in [-0.2, 0) is 5.41 Å². The number of rotatable bonds is 14. The third-order valence-electron chi connectivity index (χ3n) is 11.4. The molecule has 0 amide bonds. The largest absolute Gasteiger partial charge is 0.354 e. The highest BCUT2D eigenvalue weighted by Crippen LogP contribution is 2.56. The maximum absolute atomic E-state index is 3.79. The lowest BCUT2D eigenvalue weighted by atomic mass is 9.70. The van der Waals surface area contributed by atoms with E-state index in [-0.39, 0.29) is 5.41 Å². The van der Waals surface area contributed by atoms with E-state index in [0.29, 0.717) is 0 Å². The van der Waals surface area contributed by atoms with Crippen LogP contribution in [0.2, 0.25) is 0 Å². The Labute approximate surface area is 304 Å². The van der Waals surface area contributed by atoms with Gasteiger partial charge in [-0.1, -0.05) is 156 Å². The summed E-state index contributed by atoms with van der Waals surface area (Å²) in [6.45, 7) is 4.65. The van der Waals surface area contributed by atoms with E-state index in [4.69, 9.17) is 0 Å². The Morgan fingerprint density at radius 3 is 1.73 bits per heavy atom. The van der Waals surface area contributed by atoms with Gasteiger partial charge in [-0.2, -0.15) is 0 Å². The lowest BCUT2D eigenvalue weighted by molar-refractivity contribution is 0.401. The minimum atomic E-state index is -0.0362. The second-order valence-corrected chi connectivity index (χ2v) is 14.6. The van der Waals surface area contributed by atoms with Crippen molar-refractivity contribution in [2.45, 2.75) is 83.5 Å². The second kappa shape index (κ2) is 14.6. The molecule has 0 saturated carbocycles. The van der Waals surface area contributed by atoms with Gasteiger partial charge in [0.1, 0.15) is 0 Å². The standard InChI is InChI=1S/C49H50N2/c1-3-5-7-17-32-49(33-18-8-6-4-2)45-34-36(40-25-19-26-44-43-24-15-16-27-47(43)50-48(40)44)28-30-41(45)42-31-29-39(35-46(42)49)51(37-20-11-9-12-21-37)38-22-13-10-14-23-38/h9-16,19-31,34-35,50H,3-8,17-18,32-33H2,1-2H3. The monoisotopic (exact) mass is 666 g/mol. The van der Waals surface area contributed by atoms with Crippen molar-refractivity contribution in [1.29, 1.82) is 0 Å². The van der Waals surface area contributed by atoms with Gasteiger partial charge in [-0.15, -0.1) is 0 Å². The van der Waals surface area contributed by atoms with E-state index in [9.17, 15) is 0 Å². The van der Waals surface area contributed by atoms with Crippen LogP contribution in [0.4, 0.5) is 17.1 Å². The van der Waals surface area contributed by atoms with Gasteiger partial charge >= 0.3 is 0 Å². The molecule has 1 aliphatic carbocycles. The molecule has 0 spiro atoms. The fourth-order valence-electron chi connectivity index (χ4n) is 8.88. The summed E-state index contributed by atoms with van der Waals surface area (Å²) in [7, 11) is 0. The summed E-state index contributed by atoms with van der Waals surface area (Å²) in [4.78, 5) is 6.23. The number of unbranched alkanes of at least 4 members (excludes halogenated alkanes) is 6. The predicted octanol–water partition coefficient (Wildman–Crippen LogP) is 14.7. The first kappa shape index (κ1) is 33.1. The number of nitrogens with one attached hydrogen (secondary N) is 1. The molecule has 0 fully saturated rings. The van der Waals surface area contributed by atoms with Gasteiger partial charge in [-0.05, 0) is 89.2 Å². The smallest absolute Gasteiger partial charge is 0.0544 e. The van der Waals surface area contributed by atoms with Gasteiger partial charge < -0.3 is 9.88 Å². The van der Waals surface area contributed by atoms with Crippen molar-refractivity contribution in [2.24, 2.45) is 0 Å². The first-order chi connectivity index (χ1) is 25.2. The van der Waals surface area contributed by atoms with Crippen LogP contribution in [0, 0.1) is 0 Å². The Morgan fingerprint density at radius 2 is 1.06 bits per heavy atom. The topological polar surface area (TPSA) is 19.0 Å². The molecule has 0 radical (unpaired) electrons. The highest BCUT2D eigenvalue weighted by atomic mass is 15.1. The first-order valence-corrected chi connectivity index (χ1v) is 19.4. The Balaban J connectivity index is 1.31. The van der Waals surface area contributed by atoms with Crippen molar-refractivity contribution in [3.63, 3.8) is 0 Å². The molecule has 2 heteroatoms. The SMILES string of the molecule is CCCCCCC1(CCCCCC)c2cc(-c3cccc4c3[nH]c3ccccc34)ccc2-c2ccc(N(c3ccccc3)c3ccccc3)cc21. The van der Waals surface area contributed by atoms with E-state index in [0.717, 1.165) is 0 Å². The second-order valence-electron chi connectivity index (χ2n) is 14.6. The van der Waals surface area contributed by atoms with Gasteiger partial charge in [-0.3, -0.25) is 0 Å². The van der Waals surface area contributed by atoms with Gasteiger partial charge in [0.15, 0.2) is 0 Å². The summed E-state index contributed by atoms with van der Waals surface area (Å²) in [6, 6.07) is 52.0. The molecule has 0 unspecified atom stereocenters. The molecule has 0 atom stereocenters. The van der Waals surface area contributed by atoms with Gasteiger partial charge in [0.2, 0.25) is 0 Å². The van der Waals surface area contributed by atoms with E-state index < -0.39 is 0 Å². The third-order valence-corrected chi connectivity index (χ3v) is 11.4. The van der Waals surface area contributed by atoms with Gasteiger partial charge in [0.25, 0.3) is 0 Å². The van der Waals surface area contributed by atoms with Gasteiger partial charge in [0.05, 0.1) is 5.52 Å². The molecular formula is C49H50N2. The number of hydrogen-bond donors (Lipinski definition) is 1. The fraction of sp³-hybridized carbons (Fsp3) is 0.265. The Bertz CT molecular complexity index is 2190. The Hall–Kier alpha value is -5.08. The van der Waals surface area contributed by atoms with Crippen LogP contribution in [0.5, 0.6) is 0 Å². The average Bonchev–Trinajstić information content (AvgIpc) is 3.69. The number of aromatic amines is 1. The molecule has 256 valence electrons. The average molecular weight is 667 g/mol. The molecule has 0 bridgehead atoms. The number of fused-ring (bicyclic) bond motifs is 6. The first-order valence-electron chi connectivity index (χ1n) is 19.4. The number of anilines is 3. The molecule has 1 heterocycles. The molecule has 1 aromatic heterocycles. The quantitative estimate of drug-likeness (QED) is 0.114. The van der Waals surface area contributed by atoms with E-state index >= 15 is 0 Å². The zero-order chi connectivity index (χ0) is 34.6. The zero-order valence-electron chi connectivity index (χ0n) is 30.3. The highest BCUT2D eigenvalue weighted by molar-refractivity contribution is 6.12. The molecule has 7 aromatic rings. The molecule has 51 heavy (non-hydrogen) atoms. The third kappa shape index (κ3) is 6.16. The van der Waals surface area contributed by atoms with Gasteiger partial charge in [0, 0.05) is 44.3 Å². The van der Waals surface area contributed by atoms with Crippen molar-refractivity contribution in [2.75, 3.05) is 4.90 Å². The van der Waals surface area contributed by atoms with Crippen molar-refractivity contribution >= 4 is 38.9 Å². The van der Waals surface area contributed by atoms with Crippen molar-refractivity contribution in [3.05, 3.63) is 151 Å². The number of para-hydroxylation sites is 4. The number of hydrogen-bond acceptors (Lipinski definition) is 1. The van der Waals surface area contributed by atoms with Crippen molar-refractivity contribution in [3.8, 4) is 22.3 Å². The van der Waals surface area contributed by atoms with E-state index in [2.05, 4.69) is 163 Å². The lowest BCUT2D eigenvalue weighted by Crippen LogP contribution is -2.26.